The van der Waals surface area contributed by atoms with Gasteiger partial charge in [-0.3, -0.25) is 0 Å². The maximum atomic E-state index is 9.72. The van der Waals surface area contributed by atoms with Crippen molar-refractivity contribution in [2.24, 2.45) is 0 Å². The summed E-state index contributed by atoms with van der Waals surface area (Å²) in [5, 5.41) is 14.0. The molecule has 2 N–H and O–H groups in total. The van der Waals surface area contributed by atoms with Gasteiger partial charge in [0.15, 0.2) is 0 Å². The Balaban J connectivity index is 1.51. The van der Waals surface area contributed by atoms with E-state index in [2.05, 4.69) is 32.3 Å². The maximum absolute atomic E-state index is 9.72. The summed E-state index contributed by atoms with van der Waals surface area (Å²) >= 11 is 6.10. The number of aromatic nitrogens is 2. The lowest BCUT2D eigenvalue weighted by Crippen LogP contribution is -2.42. The van der Waals surface area contributed by atoms with Crippen molar-refractivity contribution in [1.29, 1.82) is 0 Å². The van der Waals surface area contributed by atoms with Gasteiger partial charge in [0.25, 0.3) is 0 Å². The second-order valence-electron chi connectivity index (χ2n) is 8.04. The summed E-state index contributed by atoms with van der Waals surface area (Å²) in [5.74, 6) is 1.70. The van der Waals surface area contributed by atoms with Gasteiger partial charge in [0.1, 0.15) is 18.0 Å². The fourth-order valence-electron chi connectivity index (χ4n) is 4.49. The smallest absolute Gasteiger partial charge is 0.134 e. The highest BCUT2D eigenvalue weighted by Crippen LogP contribution is 2.36. The first-order valence-corrected chi connectivity index (χ1v) is 10.9. The van der Waals surface area contributed by atoms with Crippen molar-refractivity contribution in [3.63, 3.8) is 0 Å². The molecule has 6 nitrogen and oxygen atoms in total. The molecule has 2 aliphatic heterocycles. The third-order valence-corrected chi connectivity index (χ3v) is 6.55. The van der Waals surface area contributed by atoms with Crippen LogP contribution in [0, 0.1) is 0 Å². The molecule has 1 unspecified atom stereocenters. The van der Waals surface area contributed by atoms with E-state index < -0.39 is 0 Å². The Morgan fingerprint density at radius 3 is 2.72 bits per heavy atom. The number of aliphatic hydroxyl groups is 1. The molecule has 0 spiro atoms. The first-order valence-electron chi connectivity index (χ1n) is 10.5. The molecular formula is C22H29ClN4O2. The van der Waals surface area contributed by atoms with Crippen LogP contribution in [0.25, 0.3) is 0 Å². The molecule has 156 valence electrons. The van der Waals surface area contributed by atoms with Crippen LogP contribution >= 0.6 is 11.6 Å². The number of ether oxygens (including phenoxy) is 1. The van der Waals surface area contributed by atoms with Crippen LogP contribution in [0.3, 0.4) is 0 Å². The first kappa shape index (κ1) is 20.4. The molecular weight excluding hydrogens is 388 g/mol. The van der Waals surface area contributed by atoms with Crippen LogP contribution in [0.1, 0.15) is 37.7 Å². The number of benzene rings is 1. The molecule has 1 aromatic carbocycles. The van der Waals surface area contributed by atoms with Gasteiger partial charge in [-0.25, -0.2) is 9.97 Å². The Hall–Kier alpha value is -1.89. The van der Waals surface area contributed by atoms with E-state index in [1.54, 1.807) is 6.33 Å². The summed E-state index contributed by atoms with van der Waals surface area (Å²) in [6, 6.07) is 10.3. The van der Waals surface area contributed by atoms with Gasteiger partial charge in [-0.2, -0.15) is 0 Å². The van der Waals surface area contributed by atoms with Crippen molar-refractivity contribution >= 4 is 23.2 Å². The van der Waals surface area contributed by atoms with Crippen molar-refractivity contribution in [2.75, 3.05) is 43.1 Å². The molecule has 0 bridgehead atoms. The summed E-state index contributed by atoms with van der Waals surface area (Å²) < 4.78 is 5.63. The predicted molar refractivity (Wildman–Crippen MR) is 116 cm³/mol. The molecule has 0 radical (unpaired) electrons. The Morgan fingerprint density at radius 2 is 1.97 bits per heavy atom. The molecule has 2 saturated heterocycles. The maximum Gasteiger partial charge on any atom is 0.134 e. The largest absolute Gasteiger partial charge is 0.394 e. The second kappa shape index (κ2) is 9.28. The molecule has 0 aliphatic carbocycles. The minimum absolute atomic E-state index is 0.00723. The normalized spacial score (nSPS) is 21.7. The summed E-state index contributed by atoms with van der Waals surface area (Å²) in [7, 11) is 0. The number of anilines is 2. The Bertz CT molecular complexity index is 796. The van der Waals surface area contributed by atoms with Crippen molar-refractivity contribution in [1.82, 2.24) is 9.97 Å². The quantitative estimate of drug-likeness (QED) is 0.749. The monoisotopic (exact) mass is 416 g/mol. The zero-order chi connectivity index (χ0) is 20.1. The van der Waals surface area contributed by atoms with E-state index in [9.17, 15) is 5.11 Å². The van der Waals surface area contributed by atoms with Gasteiger partial charge in [0, 0.05) is 42.8 Å². The highest BCUT2D eigenvalue weighted by atomic mass is 35.5. The lowest BCUT2D eigenvalue weighted by atomic mass is 9.74. The number of rotatable bonds is 6. The van der Waals surface area contributed by atoms with E-state index in [4.69, 9.17) is 16.3 Å². The zero-order valence-corrected chi connectivity index (χ0v) is 17.4. The minimum atomic E-state index is -0.00723. The van der Waals surface area contributed by atoms with Crippen LogP contribution in [0.2, 0.25) is 5.02 Å². The summed E-state index contributed by atoms with van der Waals surface area (Å²) in [6.45, 7) is 3.37. The number of piperidine rings is 1. The van der Waals surface area contributed by atoms with Gasteiger partial charge in [-0.15, -0.1) is 0 Å². The lowest BCUT2D eigenvalue weighted by molar-refractivity contribution is 0.0543. The minimum Gasteiger partial charge on any atom is -0.394 e. The van der Waals surface area contributed by atoms with Crippen molar-refractivity contribution in [3.05, 3.63) is 47.2 Å². The lowest BCUT2D eigenvalue weighted by Gasteiger charge is -2.38. The summed E-state index contributed by atoms with van der Waals surface area (Å²) in [5.41, 5.74) is 1.27. The molecule has 0 saturated carbocycles. The van der Waals surface area contributed by atoms with Crippen LogP contribution in [0.4, 0.5) is 11.6 Å². The van der Waals surface area contributed by atoms with E-state index in [0.29, 0.717) is 0 Å². The number of nitrogens with one attached hydrogen (secondary N) is 1. The summed E-state index contributed by atoms with van der Waals surface area (Å²) in [6.07, 6.45) is 6.81. The van der Waals surface area contributed by atoms with Crippen molar-refractivity contribution in [2.45, 2.75) is 43.6 Å². The number of hydrogen-bond donors (Lipinski definition) is 2. The third-order valence-electron chi connectivity index (χ3n) is 6.30. The van der Waals surface area contributed by atoms with E-state index in [1.807, 2.05) is 18.2 Å². The standard InChI is InChI=1S/C22H29ClN4O2/c23-18-6-4-17(5-7-18)22(8-11-29-12-9-22)15-24-20-13-21(26-16-25-20)27-10-2-1-3-19(27)14-28/h4-7,13,16,19,28H,1-3,8-12,14-15H2,(H,24,25,26). The van der Waals surface area contributed by atoms with Crippen LogP contribution in [-0.4, -0.2) is 54.0 Å². The van der Waals surface area contributed by atoms with Crippen molar-refractivity contribution in [3.8, 4) is 0 Å². The van der Waals surface area contributed by atoms with E-state index >= 15 is 0 Å². The van der Waals surface area contributed by atoms with Crippen LogP contribution in [0.5, 0.6) is 0 Å². The van der Waals surface area contributed by atoms with Gasteiger partial charge in [0.05, 0.1) is 12.6 Å². The fraction of sp³-hybridized carbons (Fsp3) is 0.545. The predicted octanol–water partition coefficient (Wildman–Crippen LogP) is 3.64. The van der Waals surface area contributed by atoms with E-state index in [0.717, 1.165) is 75.1 Å². The van der Waals surface area contributed by atoms with Gasteiger partial charge in [-0.05, 0) is 49.8 Å². The molecule has 3 heterocycles. The topological polar surface area (TPSA) is 70.5 Å². The number of halogens is 1. The van der Waals surface area contributed by atoms with Crippen LogP contribution in [0.15, 0.2) is 36.7 Å². The van der Waals surface area contributed by atoms with Crippen LogP contribution in [-0.2, 0) is 10.2 Å². The van der Waals surface area contributed by atoms with Gasteiger partial charge >= 0.3 is 0 Å². The zero-order valence-electron chi connectivity index (χ0n) is 16.7. The van der Waals surface area contributed by atoms with Gasteiger partial charge < -0.3 is 20.1 Å². The fourth-order valence-corrected chi connectivity index (χ4v) is 4.61. The highest BCUT2D eigenvalue weighted by molar-refractivity contribution is 6.30. The number of nitrogens with zero attached hydrogens (tertiary/aromatic N) is 3. The second-order valence-corrected chi connectivity index (χ2v) is 8.48. The van der Waals surface area contributed by atoms with Crippen LogP contribution < -0.4 is 10.2 Å². The first-order chi connectivity index (χ1) is 14.2. The highest BCUT2D eigenvalue weighted by Gasteiger charge is 2.34. The number of aliphatic hydroxyl groups excluding tert-OH is 1. The molecule has 2 aliphatic rings. The summed E-state index contributed by atoms with van der Waals surface area (Å²) in [4.78, 5) is 11.1. The van der Waals surface area contributed by atoms with Crippen molar-refractivity contribution < 1.29 is 9.84 Å². The molecule has 1 aromatic heterocycles. The van der Waals surface area contributed by atoms with E-state index in [1.165, 1.54) is 5.56 Å². The molecule has 2 fully saturated rings. The third kappa shape index (κ3) is 4.65. The number of hydrogen-bond acceptors (Lipinski definition) is 6. The molecule has 1 atom stereocenters. The average molecular weight is 417 g/mol. The Morgan fingerprint density at radius 1 is 1.17 bits per heavy atom. The Kier molecular flexibility index (Phi) is 6.53. The SMILES string of the molecule is OCC1CCCCN1c1cc(NCC2(c3ccc(Cl)cc3)CCOCC2)ncn1. The molecule has 4 rings (SSSR count). The molecule has 0 amide bonds. The van der Waals surface area contributed by atoms with Gasteiger partial charge in [0.2, 0.25) is 0 Å². The molecule has 7 heteroatoms. The molecule has 2 aromatic rings. The Labute approximate surface area is 177 Å². The van der Waals surface area contributed by atoms with E-state index in [-0.39, 0.29) is 18.1 Å². The average Bonchev–Trinajstić information content (AvgIpc) is 2.79. The molecule has 29 heavy (non-hydrogen) atoms. The van der Waals surface area contributed by atoms with Gasteiger partial charge in [-0.1, -0.05) is 23.7 Å².